The third-order valence-electron chi connectivity index (χ3n) is 7.88. The van der Waals surface area contributed by atoms with Crippen LogP contribution >= 0.6 is 68.0 Å². The molecule has 208 valence electrons. The van der Waals surface area contributed by atoms with Crippen LogP contribution in [0.2, 0.25) is 0 Å². The van der Waals surface area contributed by atoms with Crippen molar-refractivity contribution in [1.29, 1.82) is 0 Å². The molecule has 0 nitrogen and oxygen atoms in total. The van der Waals surface area contributed by atoms with Crippen LogP contribution in [-0.4, -0.2) is 0 Å². The SMILES string of the molecule is Cc1ccc(-c2ccc(-c3cc4c(s3)-c3cc5c(cc3C4)-c3sc(C)cc3C5)s2)s1.Cc1ccc(-c2ccc(C)s2)s1. The summed E-state index contributed by atoms with van der Waals surface area (Å²) in [4.78, 5) is 17.0. The lowest BCUT2D eigenvalue weighted by Crippen LogP contribution is -1.86. The molecule has 2 aliphatic carbocycles. The second-order valence-electron chi connectivity index (χ2n) is 11.1. The topological polar surface area (TPSA) is 0 Å². The van der Waals surface area contributed by atoms with Crippen LogP contribution in [0.15, 0.2) is 72.8 Å². The molecule has 0 N–H and O–H groups in total. The zero-order valence-corrected chi connectivity index (χ0v) is 28.7. The molecule has 0 atom stereocenters. The maximum absolute atomic E-state index is 2.49. The number of hydrogen-bond acceptors (Lipinski definition) is 6. The van der Waals surface area contributed by atoms with Gasteiger partial charge in [-0.3, -0.25) is 0 Å². The van der Waals surface area contributed by atoms with E-state index in [2.05, 4.69) is 100 Å². The van der Waals surface area contributed by atoms with Crippen LogP contribution in [0.25, 0.3) is 50.1 Å². The minimum absolute atomic E-state index is 1.08. The summed E-state index contributed by atoms with van der Waals surface area (Å²) >= 11 is 11.5. The van der Waals surface area contributed by atoms with Gasteiger partial charge < -0.3 is 0 Å². The second kappa shape index (κ2) is 10.5. The molecule has 0 unspecified atom stereocenters. The summed E-state index contributed by atoms with van der Waals surface area (Å²) in [5.41, 5.74) is 9.05. The molecular formula is C36H28S6. The van der Waals surface area contributed by atoms with E-state index in [4.69, 9.17) is 0 Å². The van der Waals surface area contributed by atoms with Crippen LogP contribution in [0.3, 0.4) is 0 Å². The number of hydrogen-bond donors (Lipinski definition) is 0. The van der Waals surface area contributed by atoms with Crippen molar-refractivity contribution in [3.8, 4) is 50.1 Å². The summed E-state index contributed by atoms with van der Waals surface area (Å²) in [7, 11) is 0. The molecule has 0 saturated heterocycles. The summed E-state index contributed by atoms with van der Waals surface area (Å²) in [6.07, 6.45) is 2.18. The predicted octanol–water partition coefficient (Wildman–Crippen LogP) is 13.1. The van der Waals surface area contributed by atoms with Crippen LogP contribution in [0, 0.1) is 27.7 Å². The molecule has 6 aromatic heterocycles. The van der Waals surface area contributed by atoms with Gasteiger partial charge >= 0.3 is 0 Å². The standard InChI is InChI=1S/C26H18S4.C10H10S2/c1-13-3-4-21(27-13)22-5-6-23(29-22)24-12-18-9-16-10-19-15(11-20(16)26(18)30-24)8-17-7-14(2)28-25(17)19;1-7-3-5-9(11-7)10-6-4-8(2)12-10/h3-7,10-12H,8-9H2,1-2H3;3-6H,1-2H3. The van der Waals surface area contributed by atoms with Crippen molar-refractivity contribution in [1.82, 2.24) is 0 Å². The molecule has 0 saturated carbocycles. The van der Waals surface area contributed by atoms with Crippen LogP contribution < -0.4 is 0 Å². The van der Waals surface area contributed by atoms with Crippen LogP contribution in [0.1, 0.15) is 41.8 Å². The fraction of sp³-hybridized carbons (Fsp3) is 0.167. The largest absolute Gasteiger partial charge is 0.140 e. The fourth-order valence-corrected chi connectivity index (χ4v) is 12.1. The lowest BCUT2D eigenvalue weighted by atomic mass is 10.0. The molecule has 6 heteroatoms. The van der Waals surface area contributed by atoms with Crippen molar-refractivity contribution in [2.75, 3.05) is 0 Å². The summed E-state index contributed by atoms with van der Waals surface area (Å²) < 4.78 is 0. The number of aryl methyl sites for hydroxylation is 4. The zero-order valence-electron chi connectivity index (χ0n) is 23.8. The molecule has 2 aliphatic rings. The lowest BCUT2D eigenvalue weighted by molar-refractivity contribution is 1.24. The van der Waals surface area contributed by atoms with Gasteiger partial charge in [-0.2, -0.15) is 0 Å². The van der Waals surface area contributed by atoms with E-state index in [0.29, 0.717) is 0 Å². The Morgan fingerprint density at radius 1 is 0.357 bits per heavy atom. The van der Waals surface area contributed by atoms with E-state index in [9.17, 15) is 0 Å². The smallest absolute Gasteiger partial charge is 0.0452 e. The van der Waals surface area contributed by atoms with Gasteiger partial charge in [-0.25, -0.2) is 0 Å². The van der Waals surface area contributed by atoms with Crippen molar-refractivity contribution < 1.29 is 0 Å². The van der Waals surface area contributed by atoms with Crippen molar-refractivity contribution in [2.24, 2.45) is 0 Å². The van der Waals surface area contributed by atoms with Crippen LogP contribution in [0.5, 0.6) is 0 Å². The molecule has 0 bridgehead atoms. The average Bonchev–Trinajstić information content (AvgIpc) is 3.78. The third-order valence-corrected chi connectivity index (χ3v) is 14.9. The monoisotopic (exact) mass is 652 g/mol. The van der Waals surface area contributed by atoms with Crippen molar-refractivity contribution in [3.63, 3.8) is 0 Å². The summed E-state index contributed by atoms with van der Waals surface area (Å²) in [5.74, 6) is 0. The minimum Gasteiger partial charge on any atom is -0.140 e. The van der Waals surface area contributed by atoms with E-state index in [0.717, 1.165) is 12.8 Å². The summed E-state index contributed by atoms with van der Waals surface area (Å²) in [6.45, 7) is 8.70. The summed E-state index contributed by atoms with van der Waals surface area (Å²) in [5, 5.41) is 0. The predicted molar refractivity (Wildman–Crippen MR) is 192 cm³/mol. The van der Waals surface area contributed by atoms with Gasteiger partial charge in [0.05, 0.1) is 0 Å². The van der Waals surface area contributed by atoms with Gasteiger partial charge in [0.15, 0.2) is 0 Å². The van der Waals surface area contributed by atoms with Gasteiger partial charge in [0.1, 0.15) is 0 Å². The number of thiophene rings is 6. The van der Waals surface area contributed by atoms with Crippen molar-refractivity contribution >= 4 is 68.0 Å². The molecule has 0 radical (unpaired) electrons. The Bertz CT molecular complexity index is 2060. The number of rotatable bonds is 3. The first-order valence-corrected chi connectivity index (χ1v) is 19.0. The Labute approximate surface area is 271 Å². The molecular weight excluding hydrogens is 625 g/mol. The first kappa shape index (κ1) is 27.0. The maximum atomic E-state index is 2.49. The molecule has 0 amide bonds. The first-order chi connectivity index (χ1) is 20.4. The van der Waals surface area contributed by atoms with E-state index in [1.165, 1.54) is 91.9 Å². The fourth-order valence-electron chi connectivity index (χ4n) is 5.95. The molecule has 0 fully saturated rings. The molecule has 0 spiro atoms. The highest BCUT2D eigenvalue weighted by Crippen LogP contribution is 2.51. The summed E-state index contributed by atoms with van der Waals surface area (Å²) in [6, 6.07) is 27.6. The molecule has 6 heterocycles. The Morgan fingerprint density at radius 3 is 1.29 bits per heavy atom. The van der Waals surface area contributed by atoms with E-state index in [-0.39, 0.29) is 0 Å². The highest BCUT2D eigenvalue weighted by atomic mass is 32.1. The van der Waals surface area contributed by atoms with E-state index in [1.807, 2.05) is 68.0 Å². The minimum atomic E-state index is 1.08. The second-order valence-corrected chi connectivity index (χ2v) is 18.3. The Hall–Kier alpha value is -2.58. The molecule has 1 aromatic carbocycles. The number of benzene rings is 1. The highest BCUT2D eigenvalue weighted by molar-refractivity contribution is 7.27. The molecule has 7 aromatic rings. The Morgan fingerprint density at radius 2 is 0.786 bits per heavy atom. The van der Waals surface area contributed by atoms with E-state index < -0.39 is 0 Å². The van der Waals surface area contributed by atoms with Crippen molar-refractivity contribution in [3.05, 3.63) is 115 Å². The van der Waals surface area contributed by atoms with Gasteiger partial charge in [-0.05, 0) is 147 Å². The van der Waals surface area contributed by atoms with Gasteiger partial charge in [-0.1, -0.05) is 0 Å². The molecule has 0 aliphatic heterocycles. The van der Waals surface area contributed by atoms with Crippen LogP contribution in [0.4, 0.5) is 0 Å². The van der Waals surface area contributed by atoms with Gasteiger partial charge in [0.2, 0.25) is 0 Å². The Kier molecular flexibility index (Phi) is 6.78. The first-order valence-electron chi connectivity index (χ1n) is 14.1. The van der Waals surface area contributed by atoms with Crippen molar-refractivity contribution in [2.45, 2.75) is 40.5 Å². The third kappa shape index (κ3) is 4.83. The maximum Gasteiger partial charge on any atom is 0.0452 e. The zero-order chi connectivity index (χ0) is 28.5. The Balaban J connectivity index is 0.000000187. The van der Waals surface area contributed by atoms with Crippen LogP contribution in [-0.2, 0) is 12.8 Å². The van der Waals surface area contributed by atoms with E-state index >= 15 is 0 Å². The highest BCUT2D eigenvalue weighted by Gasteiger charge is 2.28. The lowest BCUT2D eigenvalue weighted by Gasteiger charge is -2.06. The average molecular weight is 653 g/mol. The molecule has 42 heavy (non-hydrogen) atoms. The quantitative estimate of drug-likeness (QED) is 0.178. The normalized spacial score (nSPS) is 12.6. The van der Waals surface area contributed by atoms with Gasteiger partial charge in [-0.15, -0.1) is 68.0 Å². The number of fused-ring (bicyclic) bond motifs is 6. The van der Waals surface area contributed by atoms with Gasteiger partial charge in [0.25, 0.3) is 0 Å². The van der Waals surface area contributed by atoms with E-state index in [1.54, 1.807) is 0 Å². The molecule has 9 rings (SSSR count). The van der Waals surface area contributed by atoms with Gasteiger partial charge in [0, 0.05) is 58.5 Å².